The Labute approximate surface area is 119 Å². The molecule has 0 fully saturated rings. The van der Waals surface area contributed by atoms with Gasteiger partial charge in [-0.2, -0.15) is 0 Å². The molecule has 0 saturated carbocycles. The van der Waals surface area contributed by atoms with Crippen LogP contribution in [0.3, 0.4) is 0 Å². The molecule has 0 rings (SSSR count). The van der Waals surface area contributed by atoms with Crippen LogP contribution < -0.4 is 0 Å². The summed E-state index contributed by atoms with van der Waals surface area (Å²) in [5.74, 6) is 0. The minimum absolute atomic E-state index is 0.199. The summed E-state index contributed by atoms with van der Waals surface area (Å²) in [4.78, 5) is 13.9. The normalized spacial score (nSPS) is 11.4. The third-order valence-electron chi connectivity index (χ3n) is 3.13. The number of carbonyl (C=O) groups excluding carboxylic acids is 1. The smallest absolute Gasteiger partial charge is 0.397 e. The first-order valence-corrected chi connectivity index (χ1v) is 8.52. The van der Waals surface area contributed by atoms with E-state index < -0.39 is 8.45 Å². The quantitative estimate of drug-likeness (QED) is 0.610. The van der Waals surface area contributed by atoms with E-state index in [1.165, 1.54) is 0 Å². The Bertz CT molecular complexity index is 230. The summed E-state index contributed by atoms with van der Waals surface area (Å²) < 4.78 is 10.2. The van der Waals surface area contributed by atoms with Crippen molar-refractivity contribution in [1.29, 1.82) is 0 Å². The van der Waals surface area contributed by atoms with Crippen LogP contribution in [0, 0.1) is 0 Å². The van der Waals surface area contributed by atoms with Crippen LogP contribution in [0.25, 0.3) is 0 Å². The fraction of sp³-hybridized carbons (Fsp3) is 0.923. The van der Waals surface area contributed by atoms with Gasteiger partial charge in [-0.25, -0.2) is 14.1 Å². The lowest BCUT2D eigenvalue weighted by molar-refractivity contribution is 0.153. The van der Waals surface area contributed by atoms with Crippen LogP contribution in [0.5, 0.6) is 0 Å². The molecule has 0 N–H and O–H groups in total. The van der Waals surface area contributed by atoms with Crippen molar-refractivity contribution >= 4 is 14.5 Å². The van der Waals surface area contributed by atoms with E-state index in [0.29, 0.717) is 13.1 Å². The molecule has 0 radical (unpaired) electrons. The summed E-state index contributed by atoms with van der Waals surface area (Å²) in [5.41, 5.74) is 0. The van der Waals surface area contributed by atoms with Crippen molar-refractivity contribution in [3.05, 3.63) is 0 Å². The van der Waals surface area contributed by atoms with Gasteiger partial charge in [0.2, 0.25) is 0 Å². The van der Waals surface area contributed by atoms with Crippen LogP contribution in [0.1, 0.15) is 41.5 Å². The van der Waals surface area contributed by atoms with Gasteiger partial charge in [-0.1, -0.05) is 27.7 Å². The average molecular weight is 291 g/mol. The largest absolute Gasteiger partial charge is 0.414 e. The Morgan fingerprint density at radius 3 is 1.42 bits per heavy atom. The number of hydrogen-bond acceptors (Lipinski definition) is 4. The van der Waals surface area contributed by atoms with E-state index in [1.54, 1.807) is 4.90 Å². The standard InChI is InChI=1S/C13H30N3O2P/c1-7-14(8-2)13(17)18-19(15(9-3)10-4)16(11-5)12-6/h7-12H2,1-6H3. The van der Waals surface area contributed by atoms with Gasteiger partial charge in [0.1, 0.15) is 0 Å². The predicted octanol–water partition coefficient (Wildman–Crippen LogP) is 3.38. The van der Waals surface area contributed by atoms with Gasteiger partial charge >= 0.3 is 6.09 Å². The molecule has 0 unspecified atom stereocenters. The highest BCUT2D eigenvalue weighted by Crippen LogP contribution is 2.45. The van der Waals surface area contributed by atoms with Crippen LogP contribution in [0.4, 0.5) is 4.79 Å². The second kappa shape index (κ2) is 10.4. The van der Waals surface area contributed by atoms with Crippen molar-refractivity contribution < 1.29 is 9.32 Å². The van der Waals surface area contributed by atoms with E-state index in [0.717, 1.165) is 26.2 Å². The minimum Gasteiger partial charge on any atom is -0.397 e. The Balaban J connectivity index is 4.88. The fourth-order valence-electron chi connectivity index (χ4n) is 1.83. The van der Waals surface area contributed by atoms with E-state index in [2.05, 4.69) is 37.0 Å². The van der Waals surface area contributed by atoms with Crippen LogP contribution in [0.2, 0.25) is 0 Å². The van der Waals surface area contributed by atoms with E-state index >= 15 is 0 Å². The molecule has 0 bridgehead atoms. The number of amides is 1. The molecule has 6 heteroatoms. The molecule has 0 aromatic carbocycles. The predicted molar refractivity (Wildman–Crippen MR) is 82.2 cm³/mol. The van der Waals surface area contributed by atoms with Crippen LogP contribution in [0.15, 0.2) is 0 Å². The molecule has 0 aromatic rings. The first-order valence-electron chi connectivity index (χ1n) is 7.35. The fourth-order valence-corrected chi connectivity index (χ4v) is 3.65. The molecule has 0 aliphatic rings. The second-order valence-corrected chi connectivity index (χ2v) is 5.88. The van der Waals surface area contributed by atoms with Gasteiger partial charge in [-0.3, -0.25) is 0 Å². The first kappa shape index (κ1) is 18.6. The molecule has 1 amide bonds. The molecule has 114 valence electrons. The van der Waals surface area contributed by atoms with Crippen molar-refractivity contribution in [2.45, 2.75) is 41.5 Å². The van der Waals surface area contributed by atoms with Gasteiger partial charge in [0.05, 0.1) is 0 Å². The molecule has 5 nitrogen and oxygen atoms in total. The zero-order valence-electron chi connectivity index (χ0n) is 13.3. The zero-order chi connectivity index (χ0) is 14.8. The third-order valence-corrected chi connectivity index (χ3v) is 5.54. The number of nitrogens with zero attached hydrogens (tertiary/aromatic N) is 3. The van der Waals surface area contributed by atoms with Gasteiger partial charge in [-0.05, 0) is 13.8 Å². The number of rotatable bonds is 9. The van der Waals surface area contributed by atoms with Gasteiger partial charge in [-0.15, -0.1) is 0 Å². The summed E-state index contributed by atoms with van der Waals surface area (Å²) in [6.45, 7) is 17.3. The number of hydrogen-bond donors (Lipinski definition) is 0. The van der Waals surface area contributed by atoms with Crippen molar-refractivity contribution in [3.63, 3.8) is 0 Å². The maximum Gasteiger partial charge on any atom is 0.414 e. The van der Waals surface area contributed by atoms with Gasteiger partial charge < -0.3 is 9.42 Å². The monoisotopic (exact) mass is 291 g/mol. The summed E-state index contributed by atoms with van der Waals surface area (Å²) >= 11 is 0. The molecular formula is C13H30N3O2P. The zero-order valence-corrected chi connectivity index (χ0v) is 14.2. The van der Waals surface area contributed by atoms with E-state index in [-0.39, 0.29) is 6.09 Å². The molecule has 0 spiro atoms. The van der Waals surface area contributed by atoms with E-state index in [9.17, 15) is 4.79 Å². The van der Waals surface area contributed by atoms with Gasteiger partial charge in [0.15, 0.2) is 0 Å². The summed E-state index contributed by atoms with van der Waals surface area (Å²) in [6, 6.07) is 0. The van der Waals surface area contributed by atoms with E-state index in [4.69, 9.17) is 4.52 Å². The molecule has 0 aliphatic heterocycles. The maximum atomic E-state index is 12.2. The van der Waals surface area contributed by atoms with Crippen molar-refractivity contribution in [2.24, 2.45) is 0 Å². The highest BCUT2D eigenvalue weighted by atomic mass is 31.2. The Hall–Kier alpha value is -0.380. The van der Waals surface area contributed by atoms with Crippen LogP contribution in [-0.4, -0.2) is 59.6 Å². The Morgan fingerprint density at radius 2 is 1.16 bits per heavy atom. The van der Waals surface area contributed by atoms with Crippen molar-refractivity contribution in [1.82, 2.24) is 14.2 Å². The average Bonchev–Trinajstić information content (AvgIpc) is 2.42. The Morgan fingerprint density at radius 1 is 0.789 bits per heavy atom. The maximum absolute atomic E-state index is 12.2. The molecule has 0 heterocycles. The number of carbonyl (C=O) groups is 1. The second-order valence-electron chi connectivity index (χ2n) is 4.06. The van der Waals surface area contributed by atoms with E-state index in [1.807, 2.05) is 13.8 Å². The molecule has 0 atom stereocenters. The van der Waals surface area contributed by atoms with Crippen LogP contribution >= 0.6 is 8.45 Å². The molecule has 19 heavy (non-hydrogen) atoms. The molecule has 0 saturated heterocycles. The van der Waals surface area contributed by atoms with Crippen LogP contribution in [-0.2, 0) is 4.52 Å². The van der Waals surface area contributed by atoms with Crippen molar-refractivity contribution in [2.75, 3.05) is 39.3 Å². The van der Waals surface area contributed by atoms with Crippen molar-refractivity contribution in [3.8, 4) is 0 Å². The SMILES string of the molecule is CCN(CC)C(=O)OP(N(CC)CC)N(CC)CC. The summed E-state index contributed by atoms with van der Waals surface area (Å²) in [5, 5.41) is 0. The minimum atomic E-state index is -0.996. The lowest BCUT2D eigenvalue weighted by Crippen LogP contribution is -2.35. The molecule has 0 aliphatic carbocycles. The van der Waals surface area contributed by atoms with Gasteiger partial charge in [0.25, 0.3) is 8.45 Å². The topological polar surface area (TPSA) is 36.0 Å². The highest BCUT2D eigenvalue weighted by Gasteiger charge is 2.28. The highest BCUT2D eigenvalue weighted by molar-refractivity contribution is 7.47. The molecular weight excluding hydrogens is 261 g/mol. The lowest BCUT2D eigenvalue weighted by atomic mass is 10.6. The Kier molecular flexibility index (Phi) is 10.2. The van der Waals surface area contributed by atoms with Gasteiger partial charge in [0, 0.05) is 39.3 Å². The summed E-state index contributed by atoms with van der Waals surface area (Å²) in [7, 11) is -0.996. The molecule has 0 aromatic heterocycles. The first-order chi connectivity index (χ1) is 9.09. The summed E-state index contributed by atoms with van der Waals surface area (Å²) in [6.07, 6.45) is -0.199. The lowest BCUT2D eigenvalue weighted by Gasteiger charge is -2.36. The third kappa shape index (κ3) is 5.64.